The van der Waals surface area contributed by atoms with Crippen LogP contribution < -0.4 is 10.2 Å². The number of hydrogen-bond donors (Lipinski definition) is 1. The zero-order chi connectivity index (χ0) is 23.4. The first-order chi connectivity index (χ1) is 15.8. The second kappa shape index (κ2) is 9.88. The third kappa shape index (κ3) is 6.29. The molecule has 2 aromatic heterocycles. The van der Waals surface area contributed by atoms with Crippen molar-refractivity contribution >= 4 is 28.7 Å². The molecule has 33 heavy (non-hydrogen) atoms. The number of aromatic nitrogens is 2. The molecular formula is C23H24F3N5OS. The van der Waals surface area contributed by atoms with Crippen LogP contribution in [0.5, 0.6) is 0 Å². The van der Waals surface area contributed by atoms with Crippen molar-refractivity contribution in [2.24, 2.45) is 0 Å². The molecule has 3 aromatic rings. The Balaban J connectivity index is 1.24. The van der Waals surface area contributed by atoms with Crippen molar-refractivity contribution in [3.05, 3.63) is 69.8 Å². The van der Waals surface area contributed by atoms with E-state index in [1.165, 1.54) is 17.4 Å². The van der Waals surface area contributed by atoms with E-state index in [2.05, 4.69) is 20.2 Å². The van der Waals surface area contributed by atoms with Crippen molar-refractivity contribution in [2.75, 3.05) is 36.4 Å². The molecule has 1 aliphatic heterocycles. The fourth-order valence-corrected chi connectivity index (χ4v) is 4.37. The van der Waals surface area contributed by atoms with E-state index in [1.807, 2.05) is 41.5 Å². The summed E-state index contributed by atoms with van der Waals surface area (Å²) in [4.78, 5) is 25.1. The lowest BCUT2D eigenvalue weighted by molar-refractivity contribution is -0.137. The number of piperazine rings is 1. The molecule has 4 rings (SSSR count). The summed E-state index contributed by atoms with van der Waals surface area (Å²) in [5.74, 6) is 0.454. The van der Waals surface area contributed by atoms with Crippen molar-refractivity contribution in [2.45, 2.75) is 26.1 Å². The van der Waals surface area contributed by atoms with Crippen molar-refractivity contribution in [3.63, 3.8) is 0 Å². The second-order valence-electron chi connectivity index (χ2n) is 7.99. The molecule has 6 nitrogen and oxygen atoms in total. The molecule has 0 aliphatic carbocycles. The van der Waals surface area contributed by atoms with Gasteiger partial charge in [0.25, 0.3) is 0 Å². The predicted octanol–water partition coefficient (Wildman–Crippen LogP) is 4.37. The van der Waals surface area contributed by atoms with Crippen molar-refractivity contribution in [1.82, 2.24) is 14.9 Å². The van der Waals surface area contributed by atoms with E-state index in [-0.39, 0.29) is 12.3 Å². The van der Waals surface area contributed by atoms with Crippen LogP contribution in [0.1, 0.15) is 21.8 Å². The minimum Gasteiger partial charge on any atom is -0.354 e. The predicted molar refractivity (Wildman–Crippen MR) is 122 cm³/mol. The number of anilines is 2. The molecule has 174 valence electrons. The Labute approximate surface area is 194 Å². The number of pyridine rings is 1. The zero-order valence-electron chi connectivity index (χ0n) is 18.1. The highest BCUT2D eigenvalue weighted by atomic mass is 32.1. The molecule has 0 bridgehead atoms. The van der Waals surface area contributed by atoms with Gasteiger partial charge in [-0.2, -0.15) is 13.2 Å². The Morgan fingerprint density at radius 3 is 2.45 bits per heavy atom. The van der Waals surface area contributed by atoms with E-state index in [9.17, 15) is 18.0 Å². The standard InChI is InChI=1S/C23H24F3N5OS/c1-16-2-5-18(6-3-16)28-21(32)12-22-29-19(15-33-22)14-30-8-10-31(11-9-30)20-7-4-17(13-27-20)23(24,25)26/h2-7,13,15H,8-12,14H2,1H3,(H,28,32). The summed E-state index contributed by atoms with van der Waals surface area (Å²) in [5.41, 5.74) is 2.08. The van der Waals surface area contributed by atoms with Gasteiger partial charge in [-0.3, -0.25) is 9.69 Å². The normalized spacial score (nSPS) is 15.0. The number of nitrogens with zero attached hydrogens (tertiary/aromatic N) is 4. The quantitative estimate of drug-likeness (QED) is 0.574. The minimum absolute atomic E-state index is 0.0996. The van der Waals surface area contributed by atoms with Crippen LogP contribution >= 0.6 is 11.3 Å². The number of carbonyl (C=O) groups is 1. The van der Waals surface area contributed by atoms with Crippen LogP contribution in [-0.4, -0.2) is 47.0 Å². The van der Waals surface area contributed by atoms with Crippen molar-refractivity contribution < 1.29 is 18.0 Å². The van der Waals surface area contributed by atoms with E-state index < -0.39 is 11.7 Å². The van der Waals surface area contributed by atoms with Gasteiger partial charge in [0.15, 0.2) is 0 Å². The molecule has 3 heterocycles. The number of thiazole rings is 1. The smallest absolute Gasteiger partial charge is 0.354 e. The Bertz CT molecular complexity index is 1070. The monoisotopic (exact) mass is 475 g/mol. The maximum atomic E-state index is 12.7. The molecule has 0 unspecified atom stereocenters. The minimum atomic E-state index is -4.38. The molecule has 1 fully saturated rings. The first-order valence-corrected chi connectivity index (χ1v) is 11.4. The Morgan fingerprint density at radius 1 is 1.09 bits per heavy atom. The number of alkyl halides is 3. The Hall–Kier alpha value is -2.98. The number of amides is 1. The highest BCUT2D eigenvalue weighted by Crippen LogP contribution is 2.29. The molecular weight excluding hydrogens is 451 g/mol. The molecule has 1 aromatic carbocycles. The summed E-state index contributed by atoms with van der Waals surface area (Å²) in [6.07, 6.45) is -3.27. The molecule has 10 heteroatoms. The number of rotatable bonds is 6. The van der Waals surface area contributed by atoms with Gasteiger partial charge in [0.2, 0.25) is 5.91 Å². The van der Waals surface area contributed by atoms with Crippen LogP contribution in [-0.2, 0) is 23.9 Å². The largest absolute Gasteiger partial charge is 0.417 e. The van der Waals surface area contributed by atoms with Crippen LogP contribution in [0.15, 0.2) is 48.0 Å². The lowest BCUT2D eigenvalue weighted by Crippen LogP contribution is -2.46. The number of carbonyl (C=O) groups excluding carboxylic acids is 1. The lowest BCUT2D eigenvalue weighted by Gasteiger charge is -2.35. The summed E-state index contributed by atoms with van der Waals surface area (Å²) in [5, 5.41) is 5.62. The van der Waals surface area contributed by atoms with Gasteiger partial charge in [0.05, 0.1) is 17.7 Å². The van der Waals surface area contributed by atoms with Crippen LogP contribution in [0.2, 0.25) is 0 Å². The van der Waals surface area contributed by atoms with E-state index in [1.54, 1.807) is 0 Å². The van der Waals surface area contributed by atoms with Gasteiger partial charge >= 0.3 is 6.18 Å². The SMILES string of the molecule is Cc1ccc(NC(=O)Cc2nc(CN3CCN(c4ccc(C(F)(F)F)cn4)CC3)cs2)cc1. The molecule has 0 radical (unpaired) electrons. The Kier molecular flexibility index (Phi) is 6.94. The van der Waals surface area contributed by atoms with Crippen molar-refractivity contribution in [1.29, 1.82) is 0 Å². The van der Waals surface area contributed by atoms with E-state index in [0.29, 0.717) is 25.5 Å². The Morgan fingerprint density at radius 2 is 1.82 bits per heavy atom. The maximum absolute atomic E-state index is 12.7. The van der Waals surface area contributed by atoms with E-state index in [0.717, 1.165) is 47.3 Å². The topological polar surface area (TPSA) is 61.4 Å². The molecule has 1 amide bonds. The zero-order valence-corrected chi connectivity index (χ0v) is 18.9. The number of benzene rings is 1. The third-order valence-corrected chi connectivity index (χ3v) is 6.30. The number of hydrogen-bond acceptors (Lipinski definition) is 6. The van der Waals surface area contributed by atoms with Gasteiger partial charge in [-0.15, -0.1) is 11.3 Å². The molecule has 0 spiro atoms. The molecule has 1 aliphatic rings. The number of nitrogens with one attached hydrogen (secondary N) is 1. The first kappa shape index (κ1) is 23.2. The van der Waals surface area contributed by atoms with Gasteiger partial charge in [0.1, 0.15) is 10.8 Å². The highest BCUT2D eigenvalue weighted by Gasteiger charge is 2.31. The van der Waals surface area contributed by atoms with Gasteiger partial charge in [-0.25, -0.2) is 9.97 Å². The summed E-state index contributed by atoms with van der Waals surface area (Å²) in [7, 11) is 0. The van der Waals surface area contributed by atoms with Gasteiger partial charge < -0.3 is 10.2 Å². The second-order valence-corrected chi connectivity index (χ2v) is 8.93. The summed E-state index contributed by atoms with van der Waals surface area (Å²) in [6, 6.07) is 10.1. The summed E-state index contributed by atoms with van der Waals surface area (Å²) >= 11 is 1.47. The van der Waals surface area contributed by atoms with E-state index in [4.69, 9.17) is 0 Å². The van der Waals surface area contributed by atoms with Crippen molar-refractivity contribution in [3.8, 4) is 0 Å². The molecule has 1 N–H and O–H groups in total. The van der Waals surface area contributed by atoms with E-state index >= 15 is 0 Å². The van der Waals surface area contributed by atoms with Crippen LogP contribution in [0, 0.1) is 6.92 Å². The summed E-state index contributed by atoms with van der Waals surface area (Å²) in [6.45, 7) is 5.52. The fourth-order valence-electron chi connectivity index (χ4n) is 3.59. The van der Waals surface area contributed by atoms with Gasteiger partial charge in [0, 0.05) is 50.0 Å². The summed E-state index contributed by atoms with van der Waals surface area (Å²) < 4.78 is 38.1. The maximum Gasteiger partial charge on any atom is 0.417 e. The number of halogens is 3. The van der Waals surface area contributed by atoms with Crippen LogP contribution in [0.25, 0.3) is 0 Å². The van der Waals surface area contributed by atoms with Crippen LogP contribution in [0.4, 0.5) is 24.7 Å². The first-order valence-electron chi connectivity index (χ1n) is 10.6. The highest BCUT2D eigenvalue weighted by molar-refractivity contribution is 7.09. The molecule has 1 saturated heterocycles. The fraction of sp³-hybridized carbons (Fsp3) is 0.348. The van der Waals surface area contributed by atoms with Crippen LogP contribution in [0.3, 0.4) is 0 Å². The average Bonchev–Trinajstić information content (AvgIpc) is 3.22. The lowest BCUT2D eigenvalue weighted by atomic mass is 10.2. The molecule has 0 atom stereocenters. The number of aryl methyl sites for hydroxylation is 1. The van der Waals surface area contributed by atoms with Gasteiger partial charge in [-0.1, -0.05) is 17.7 Å². The molecule has 0 saturated carbocycles. The third-order valence-electron chi connectivity index (χ3n) is 5.40. The average molecular weight is 476 g/mol. The van der Waals surface area contributed by atoms with Gasteiger partial charge in [-0.05, 0) is 31.2 Å².